The minimum Gasteiger partial charge on any atom is -0.263 e. The van der Waals surface area contributed by atoms with Gasteiger partial charge < -0.3 is 0 Å². The van der Waals surface area contributed by atoms with Crippen molar-refractivity contribution in [3.63, 3.8) is 0 Å². The van der Waals surface area contributed by atoms with E-state index in [0.717, 1.165) is 23.0 Å². The van der Waals surface area contributed by atoms with Gasteiger partial charge in [-0.3, -0.25) is 4.18 Å². The molecule has 0 saturated carbocycles. The molecule has 2 rings (SSSR count). The summed E-state index contributed by atoms with van der Waals surface area (Å²) in [6.07, 6.45) is 3.48. The highest BCUT2D eigenvalue weighted by atomic mass is 32.2. The summed E-state index contributed by atoms with van der Waals surface area (Å²) in [5, 5.41) is 9.25. The molecule has 1 aromatic carbocycles. The number of aryl methyl sites for hydroxylation is 1. The molecule has 0 aliphatic heterocycles. The van der Waals surface area contributed by atoms with Crippen molar-refractivity contribution in [2.45, 2.75) is 25.9 Å². The van der Waals surface area contributed by atoms with Crippen LogP contribution in [0, 0.1) is 24.2 Å². The van der Waals surface area contributed by atoms with E-state index in [4.69, 9.17) is 4.18 Å². The van der Waals surface area contributed by atoms with E-state index in [-0.39, 0.29) is 5.92 Å². The quantitative estimate of drug-likeness (QED) is 0.803. The Morgan fingerprint density at radius 3 is 2.45 bits per heavy atom. The van der Waals surface area contributed by atoms with Crippen molar-refractivity contribution in [3.05, 3.63) is 41.5 Å². The zero-order valence-electron chi connectivity index (χ0n) is 11.5. The van der Waals surface area contributed by atoms with Gasteiger partial charge in [0.2, 0.25) is 0 Å². The first kappa shape index (κ1) is 14.8. The van der Waals surface area contributed by atoms with Gasteiger partial charge in [-0.1, -0.05) is 29.8 Å². The van der Waals surface area contributed by atoms with Crippen molar-refractivity contribution in [1.82, 2.24) is 0 Å². The second-order valence-electron chi connectivity index (χ2n) is 5.09. The molecule has 1 aromatic rings. The molecule has 0 fully saturated rings. The van der Waals surface area contributed by atoms with Crippen molar-refractivity contribution < 1.29 is 12.6 Å². The summed E-state index contributed by atoms with van der Waals surface area (Å²) >= 11 is 0. The fraction of sp³-hybridized carbons (Fsp3) is 0.400. The second-order valence-corrected chi connectivity index (χ2v) is 6.69. The first-order valence-electron chi connectivity index (χ1n) is 6.45. The lowest BCUT2D eigenvalue weighted by atomic mass is 9.83. The van der Waals surface area contributed by atoms with Crippen LogP contribution in [-0.2, 0) is 14.3 Å². The lowest BCUT2D eigenvalue weighted by Gasteiger charge is -2.24. The Balaban J connectivity index is 2.34. The van der Waals surface area contributed by atoms with Crippen molar-refractivity contribution in [2.24, 2.45) is 5.92 Å². The maximum atomic E-state index is 11.2. The largest absolute Gasteiger partial charge is 0.264 e. The molecule has 2 atom stereocenters. The van der Waals surface area contributed by atoms with Gasteiger partial charge in [0.05, 0.1) is 24.3 Å². The Kier molecular flexibility index (Phi) is 4.26. The number of benzene rings is 1. The number of nitrogens with zero attached hydrogens (tertiary/aromatic N) is 1. The van der Waals surface area contributed by atoms with Gasteiger partial charge in [-0.2, -0.15) is 13.7 Å². The van der Waals surface area contributed by atoms with E-state index in [0.29, 0.717) is 12.8 Å². The average Bonchev–Trinajstić information content (AvgIpc) is 2.38. The minimum atomic E-state index is -3.49. The normalized spacial score (nSPS) is 22.9. The molecule has 0 amide bonds. The summed E-state index contributed by atoms with van der Waals surface area (Å²) in [5.74, 6) is -0.211. The van der Waals surface area contributed by atoms with Gasteiger partial charge in [0.1, 0.15) is 0 Å². The summed E-state index contributed by atoms with van der Waals surface area (Å²) in [7, 11) is -3.49. The second kappa shape index (κ2) is 5.78. The fourth-order valence-corrected chi connectivity index (χ4v) is 2.96. The fourth-order valence-electron chi connectivity index (χ4n) is 2.36. The Hall–Kier alpha value is -1.64. The predicted molar refractivity (Wildman–Crippen MR) is 77.2 cm³/mol. The van der Waals surface area contributed by atoms with Crippen LogP contribution in [0.1, 0.15) is 24.0 Å². The van der Waals surface area contributed by atoms with E-state index >= 15 is 0 Å². The van der Waals surface area contributed by atoms with Crippen LogP contribution in [0.15, 0.2) is 30.3 Å². The molecule has 20 heavy (non-hydrogen) atoms. The molecule has 0 radical (unpaired) electrons. The number of allylic oxidation sites excluding steroid dienone is 1. The number of rotatable bonds is 3. The molecular weight excluding hydrogens is 274 g/mol. The molecule has 1 aliphatic carbocycles. The van der Waals surface area contributed by atoms with Crippen LogP contribution in [0.25, 0.3) is 5.57 Å². The molecule has 1 aliphatic rings. The zero-order valence-corrected chi connectivity index (χ0v) is 12.4. The average molecular weight is 291 g/mol. The van der Waals surface area contributed by atoms with Crippen molar-refractivity contribution >= 4 is 15.7 Å². The van der Waals surface area contributed by atoms with Gasteiger partial charge in [0.25, 0.3) is 10.1 Å². The standard InChI is InChI=1S/C15H17NO3S/c1-11-3-5-12(6-4-11)15-9-14(19-20(2,17)18)8-7-13(15)10-16/h3-6,9,13-14H,7-8H2,1-2H3. The molecule has 0 aromatic heterocycles. The first-order valence-corrected chi connectivity index (χ1v) is 8.27. The van der Waals surface area contributed by atoms with Gasteiger partial charge >= 0.3 is 0 Å². The highest BCUT2D eigenvalue weighted by Crippen LogP contribution is 2.33. The van der Waals surface area contributed by atoms with Gasteiger partial charge in [0.15, 0.2) is 0 Å². The van der Waals surface area contributed by atoms with E-state index < -0.39 is 16.2 Å². The summed E-state index contributed by atoms with van der Waals surface area (Å²) < 4.78 is 27.5. The Morgan fingerprint density at radius 1 is 1.25 bits per heavy atom. The molecule has 2 unspecified atom stereocenters. The zero-order chi connectivity index (χ0) is 14.8. The van der Waals surface area contributed by atoms with E-state index in [9.17, 15) is 13.7 Å². The predicted octanol–water partition coefficient (Wildman–Crippen LogP) is 2.66. The number of hydrogen-bond acceptors (Lipinski definition) is 4. The molecule has 106 valence electrons. The Morgan fingerprint density at radius 2 is 1.90 bits per heavy atom. The molecule has 0 heterocycles. The Bertz CT molecular complexity index is 653. The summed E-state index contributed by atoms with van der Waals surface area (Å²) in [5.41, 5.74) is 2.94. The van der Waals surface area contributed by atoms with Gasteiger partial charge in [-0.15, -0.1) is 0 Å². The SMILES string of the molecule is Cc1ccc(C2=CC(OS(C)(=O)=O)CCC2C#N)cc1. The van der Waals surface area contributed by atoms with Crippen LogP contribution in [0.2, 0.25) is 0 Å². The van der Waals surface area contributed by atoms with Gasteiger partial charge in [-0.25, -0.2) is 0 Å². The topological polar surface area (TPSA) is 67.2 Å². The van der Waals surface area contributed by atoms with E-state index in [1.165, 1.54) is 0 Å². The summed E-state index contributed by atoms with van der Waals surface area (Å²) in [6.45, 7) is 2.00. The van der Waals surface area contributed by atoms with Crippen LogP contribution in [0.4, 0.5) is 0 Å². The summed E-state index contributed by atoms with van der Waals surface area (Å²) in [6, 6.07) is 10.1. The van der Waals surface area contributed by atoms with Crippen molar-refractivity contribution in [1.29, 1.82) is 5.26 Å². The van der Waals surface area contributed by atoms with Crippen LogP contribution in [0.5, 0.6) is 0 Å². The van der Waals surface area contributed by atoms with E-state index in [1.54, 1.807) is 6.08 Å². The highest BCUT2D eigenvalue weighted by Gasteiger charge is 2.26. The van der Waals surface area contributed by atoms with Crippen LogP contribution in [-0.4, -0.2) is 20.8 Å². The lowest BCUT2D eigenvalue weighted by molar-refractivity contribution is 0.236. The highest BCUT2D eigenvalue weighted by molar-refractivity contribution is 7.86. The first-order chi connectivity index (χ1) is 9.39. The minimum absolute atomic E-state index is 0.211. The molecule has 0 bridgehead atoms. The van der Waals surface area contributed by atoms with E-state index in [1.807, 2.05) is 31.2 Å². The third-order valence-electron chi connectivity index (χ3n) is 3.32. The lowest BCUT2D eigenvalue weighted by Crippen LogP contribution is -2.22. The third-order valence-corrected chi connectivity index (χ3v) is 3.92. The molecule has 0 N–H and O–H groups in total. The third kappa shape index (κ3) is 3.69. The smallest absolute Gasteiger partial charge is 0.263 e. The van der Waals surface area contributed by atoms with Crippen molar-refractivity contribution in [2.75, 3.05) is 6.26 Å². The maximum Gasteiger partial charge on any atom is 0.264 e. The molecule has 0 spiro atoms. The molecular formula is C15H17NO3S. The van der Waals surface area contributed by atoms with Crippen LogP contribution < -0.4 is 0 Å². The molecule has 4 nitrogen and oxygen atoms in total. The van der Waals surface area contributed by atoms with Gasteiger partial charge in [-0.05, 0) is 37.0 Å². The maximum absolute atomic E-state index is 11.2. The molecule has 5 heteroatoms. The summed E-state index contributed by atoms with van der Waals surface area (Å²) in [4.78, 5) is 0. The van der Waals surface area contributed by atoms with E-state index in [2.05, 4.69) is 6.07 Å². The van der Waals surface area contributed by atoms with Gasteiger partial charge in [0, 0.05) is 0 Å². The molecule has 0 saturated heterocycles. The number of nitriles is 1. The van der Waals surface area contributed by atoms with Crippen molar-refractivity contribution in [3.8, 4) is 6.07 Å². The number of hydrogen-bond donors (Lipinski definition) is 0. The Labute approximate surface area is 119 Å². The monoisotopic (exact) mass is 291 g/mol. The van der Waals surface area contributed by atoms with Crippen LogP contribution >= 0.6 is 0 Å². The van der Waals surface area contributed by atoms with Crippen LogP contribution in [0.3, 0.4) is 0 Å².